The Morgan fingerprint density at radius 1 is 0.852 bits per heavy atom. The first-order chi connectivity index (χ1) is 13.2. The van der Waals surface area contributed by atoms with E-state index in [4.69, 9.17) is 16.3 Å². The fourth-order valence-electron chi connectivity index (χ4n) is 3.06. The van der Waals surface area contributed by atoms with Gasteiger partial charge in [-0.3, -0.25) is 4.98 Å². The van der Waals surface area contributed by atoms with E-state index in [0.717, 1.165) is 16.3 Å². The van der Waals surface area contributed by atoms with Crippen molar-refractivity contribution < 1.29 is 9.53 Å². The molecule has 0 radical (unpaired) electrons. The number of fused-ring (bicyclic) bond motifs is 1. The monoisotopic (exact) mass is 373 g/mol. The Morgan fingerprint density at radius 2 is 1.56 bits per heavy atom. The van der Waals surface area contributed by atoms with Crippen LogP contribution in [0, 0.1) is 0 Å². The zero-order chi connectivity index (χ0) is 18.6. The Labute approximate surface area is 162 Å². The SMILES string of the molecule is O=C(O[C@H](c1ccccc1)c1nccc2ccccc12)c1ccccc1Cl. The van der Waals surface area contributed by atoms with E-state index in [1.165, 1.54) is 0 Å². The number of carbonyl (C=O) groups is 1. The molecule has 1 aromatic heterocycles. The summed E-state index contributed by atoms with van der Waals surface area (Å²) in [6.07, 6.45) is 1.10. The molecule has 0 aliphatic heterocycles. The first kappa shape index (κ1) is 17.3. The second kappa shape index (κ2) is 7.60. The van der Waals surface area contributed by atoms with E-state index >= 15 is 0 Å². The zero-order valence-corrected chi connectivity index (χ0v) is 15.1. The molecule has 0 bridgehead atoms. The summed E-state index contributed by atoms with van der Waals surface area (Å²) in [5.74, 6) is -0.482. The maximum Gasteiger partial charge on any atom is 0.340 e. The van der Waals surface area contributed by atoms with E-state index in [-0.39, 0.29) is 0 Å². The average molecular weight is 374 g/mol. The van der Waals surface area contributed by atoms with Crippen molar-refractivity contribution in [1.29, 1.82) is 0 Å². The van der Waals surface area contributed by atoms with Crippen LogP contribution in [0.4, 0.5) is 0 Å². The van der Waals surface area contributed by atoms with Gasteiger partial charge < -0.3 is 4.74 Å². The van der Waals surface area contributed by atoms with E-state index in [1.54, 1.807) is 30.5 Å². The van der Waals surface area contributed by atoms with Gasteiger partial charge in [-0.15, -0.1) is 0 Å². The van der Waals surface area contributed by atoms with E-state index < -0.39 is 12.1 Å². The molecule has 0 spiro atoms. The molecule has 0 N–H and O–H groups in total. The molecular formula is C23H16ClNO2. The minimum absolute atomic E-state index is 0.334. The Bertz CT molecular complexity index is 1090. The molecule has 4 heteroatoms. The third kappa shape index (κ3) is 3.55. The summed E-state index contributed by atoms with van der Waals surface area (Å²) >= 11 is 6.17. The summed E-state index contributed by atoms with van der Waals surface area (Å²) in [5.41, 5.74) is 1.88. The molecule has 4 aromatic rings. The van der Waals surface area contributed by atoms with Gasteiger partial charge in [0.2, 0.25) is 0 Å². The van der Waals surface area contributed by atoms with Gasteiger partial charge in [0.25, 0.3) is 0 Å². The quantitative estimate of drug-likeness (QED) is 0.422. The highest BCUT2D eigenvalue weighted by molar-refractivity contribution is 6.33. The average Bonchev–Trinajstić information content (AvgIpc) is 2.72. The Balaban J connectivity index is 1.81. The predicted molar refractivity (Wildman–Crippen MR) is 107 cm³/mol. The van der Waals surface area contributed by atoms with Crippen molar-refractivity contribution in [2.75, 3.05) is 0 Å². The lowest BCUT2D eigenvalue weighted by Gasteiger charge is -2.20. The lowest BCUT2D eigenvalue weighted by molar-refractivity contribution is 0.0373. The Hall–Kier alpha value is -3.17. The number of benzene rings is 3. The molecule has 132 valence electrons. The van der Waals surface area contributed by atoms with Crippen molar-refractivity contribution in [3.05, 3.63) is 113 Å². The molecule has 0 amide bonds. The number of ether oxygens (including phenoxy) is 1. The molecular weight excluding hydrogens is 358 g/mol. The van der Waals surface area contributed by atoms with Crippen LogP contribution in [0.25, 0.3) is 10.8 Å². The molecule has 0 saturated heterocycles. The minimum Gasteiger partial charge on any atom is -0.447 e. The molecule has 0 unspecified atom stereocenters. The van der Waals surface area contributed by atoms with E-state index in [2.05, 4.69) is 4.98 Å². The molecule has 3 nitrogen and oxygen atoms in total. The van der Waals surface area contributed by atoms with Gasteiger partial charge in [-0.2, -0.15) is 0 Å². The van der Waals surface area contributed by atoms with Gasteiger partial charge in [0, 0.05) is 11.6 Å². The van der Waals surface area contributed by atoms with Crippen molar-refractivity contribution in [3.63, 3.8) is 0 Å². The molecule has 27 heavy (non-hydrogen) atoms. The number of nitrogens with zero attached hydrogens (tertiary/aromatic N) is 1. The Kier molecular flexibility index (Phi) is 4.86. The molecule has 0 aliphatic carbocycles. The number of aromatic nitrogens is 1. The van der Waals surface area contributed by atoms with Crippen LogP contribution in [-0.2, 0) is 4.74 Å². The molecule has 0 saturated carbocycles. The molecule has 1 heterocycles. The van der Waals surface area contributed by atoms with Gasteiger partial charge >= 0.3 is 5.97 Å². The summed E-state index contributed by atoms with van der Waals surface area (Å²) in [6.45, 7) is 0. The first-order valence-corrected chi connectivity index (χ1v) is 8.96. The number of hydrogen-bond donors (Lipinski definition) is 0. The number of carbonyl (C=O) groups excluding carboxylic acids is 1. The number of rotatable bonds is 4. The van der Waals surface area contributed by atoms with Crippen LogP contribution in [0.5, 0.6) is 0 Å². The second-order valence-corrected chi connectivity index (χ2v) is 6.50. The first-order valence-electron chi connectivity index (χ1n) is 8.58. The molecule has 0 aliphatic rings. The normalized spacial score (nSPS) is 11.9. The van der Waals surface area contributed by atoms with Crippen molar-refractivity contribution in [2.45, 2.75) is 6.10 Å². The topological polar surface area (TPSA) is 39.2 Å². The molecule has 4 rings (SSSR count). The lowest BCUT2D eigenvalue weighted by Crippen LogP contribution is -2.15. The summed E-state index contributed by atoms with van der Waals surface area (Å²) in [4.78, 5) is 17.4. The second-order valence-electron chi connectivity index (χ2n) is 6.09. The molecule has 3 aromatic carbocycles. The van der Waals surface area contributed by atoms with Crippen LogP contribution in [0.2, 0.25) is 5.02 Å². The summed E-state index contributed by atoms with van der Waals surface area (Å²) in [7, 11) is 0. The number of hydrogen-bond acceptors (Lipinski definition) is 3. The third-order valence-corrected chi connectivity index (χ3v) is 4.70. The van der Waals surface area contributed by atoms with Crippen LogP contribution in [0.1, 0.15) is 27.7 Å². The van der Waals surface area contributed by atoms with Gasteiger partial charge in [0.15, 0.2) is 6.10 Å². The number of pyridine rings is 1. The van der Waals surface area contributed by atoms with Gasteiger partial charge in [-0.05, 0) is 29.1 Å². The molecule has 0 fully saturated rings. The largest absolute Gasteiger partial charge is 0.447 e. The fourth-order valence-corrected chi connectivity index (χ4v) is 3.27. The fraction of sp³-hybridized carbons (Fsp3) is 0.0435. The van der Waals surface area contributed by atoms with E-state index in [9.17, 15) is 4.79 Å². The third-order valence-electron chi connectivity index (χ3n) is 4.37. The van der Waals surface area contributed by atoms with Crippen LogP contribution in [0.3, 0.4) is 0 Å². The highest BCUT2D eigenvalue weighted by atomic mass is 35.5. The van der Waals surface area contributed by atoms with E-state index in [1.807, 2.05) is 60.7 Å². The van der Waals surface area contributed by atoms with Crippen LogP contribution >= 0.6 is 11.6 Å². The predicted octanol–water partition coefficient (Wildman–Crippen LogP) is 5.83. The maximum absolute atomic E-state index is 12.8. The van der Waals surface area contributed by atoms with Gasteiger partial charge in [0.1, 0.15) is 0 Å². The van der Waals surface area contributed by atoms with E-state index in [0.29, 0.717) is 16.3 Å². The number of esters is 1. The van der Waals surface area contributed by atoms with Crippen molar-refractivity contribution in [3.8, 4) is 0 Å². The zero-order valence-electron chi connectivity index (χ0n) is 14.4. The lowest BCUT2D eigenvalue weighted by atomic mass is 10.0. The Morgan fingerprint density at radius 3 is 2.37 bits per heavy atom. The van der Waals surface area contributed by atoms with Crippen molar-refractivity contribution in [2.24, 2.45) is 0 Å². The number of halogens is 1. The summed E-state index contributed by atoms with van der Waals surface area (Å²) in [5, 5.41) is 2.35. The molecule has 1 atom stereocenters. The minimum atomic E-state index is -0.638. The maximum atomic E-state index is 12.8. The summed E-state index contributed by atoms with van der Waals surface area (Å²) < 4.78 is 5.91. The van der Waals surface area contributed by atoms with Gasteiger partial charge in [-0.1, -0.05) is 78.3 Å². The van der Waals surface area contributed by atoms with Gasteiger partial charge in [-0.25, -0.2) is 4.79 Å². The smallest absolute Gasteiger partial charge is 0.340 e. The highest BCUT2D eigenvalue weighted by Crippen LogP contribution is 2.31. The standard InChI is InChI=1S/C23H16ClNO2/c24-20-13-7-6-12-19(20)23(26)27-22(17-9-2-1-3-10-17)21-18-11-5-4-8-16(18)14-15-25-21/h1-15,22H/t22-/m1/s1. The summed E-state index contributed by atoms with van der Waals surface area (Å²) in [6, 6.07) is 26.3. The highest BCUT2D eigenvalue weighted by Gasteiger charge is 2.24. The van der Waals surface area contributed by atoms with Crippen LogP contribution in [-0.4, -0.2) is 11.0 Å². The van der Waals surface area contributed by atoms with Crippen molar-refractivity contribution >= 4 is 28.3 Å². The van der Waals surface area contributed by atoms with Crippen LogP contribution in [0.15, 0.2) is 91.1 Å². The van der Waals surface area contributed by atoms with Crippen molar-refractivity contribution in [1.82, 2.24) is 4.98 Å². The van der Waals surface area contributed by atoms with Gasteiger partial charge in [0.05, 0.1) is 16.3 Å². The van der Waals surface area contributed by atoms with Crippen LogP contribution < -0.4 is 0 Å².